The van der Waals surface area contributed by atoms with Gasteiger partial charge in [0.15, 0.2) is 12.4 Å². The van der Waals surface area contributed by atoms with Gasteiger partial charge in [-0.2, -0.15) is 0 Å². The summed E-state index contributed by atoms with van der Waals surface area (Å²) in [6, 6.07) is 10.5. The first-order valence-electron chi connectivity index (χ1n) is 8.46. The predicted octanol–water partition coefficient (Wildman–Crippen LogP) is 2.94. The molecule has 0 bridgehead atoms. The van der Waals surface area contributed by atoms with E-state index in [1.165, 1.54) is 25.3 Å². The highest BCUT2D eigenvalue weighted by Gasteiger charge is 2.30. The molecule has 0 radical (unpaired) electrons. The maximum atomic E-state index is 12.5. The molecule has 1 fully saturated rings. The van der Waals surface area contributed by atoms with E-state index in [9.17, 15) is 18.0 Å². The summed E-state index contributed by atoms with van der Waals surface area (Å²) < 4.78 is 38.6. The molecule has 2 aromatic rings. The van der Waals surface area contributed by atoms with E-state index >= 15 is 0 Å². The maximum absolute atomic E-state index is 12.5. The second kappa shape index (κ2) is 8.42. The summed E-state index contributed by atoms with van der Waals surface area (Å²) >= 11 is 3.28. The van der Waals surface area contributed by atoms with Crippen LogP contribution in [0, 0.1) is 0 Å². The van der Waals surface area contributed by atoms with Gasteiger partial charge in [-0.1, -0.05) is 28.1 Å². The normalized spacial score (nSPS) is 13.8. The van der Waals surface area contributed by atoms with Crippen LogP contribution in [-0.4, -0.2) is 39.9 Å². The first-order valence-corrected chi connectivity index (χ1v) is 10.7. The molecule has 1 saturated carbocycles. The number of ketones is 1. The summed E-state index contributed by atoms with van der Waals surface area (Å²) in [5.74, 6) is -1.04. The van der Waals surface area contributed by atoms with Crippen LogP contribution >= 0.6 is 15.9 Å². The van der Waals surface area contributed by atoms with Crippen molar-refractivity contribution in [2.24, 2.45) is 0 Å². The molecule has 1 N–H and O–H groups in total. The minimum absolute atomic E-state index is 0.0144. The van der Waals surface area contributed by atoms with Crippen LogP contribution in [-0.2, 0) is 14.8 Å². The number of esters is 1. The first-order chi connectivity index (χ1) is 13.3. The van der Waals surface area contributed by atoms with Crippen molar-refractivity contribution >= 4 is 37.7 Å². The molecule has 1 aliphatic carbocycles. The minimum Gasteiger partial charge on any atom is -0.495 e. The van der Waals surface area contributed by atoms with E-state index in [0.29, 0.717) is 5.56 Å². The summed E-state index contributed by atoms with van der Waals surface area (Å²) in [5, 5.41) is 0. The number of hydrogen-bond acceptors (Lipinski definition) is 6. The average Bonchev–Trinajstić information content (AvgIpc) is 3.49. The van der Waals surface area contributed by atoms with Gasteiger partial charge in [0.1, 0.15) is 10.6 Å². The van der Waals surface area contributed by atoms with Crippen molar-refractivity contribution in [1.82, 2.24) is 4.72 Å². The van der Waals surface area contributed by atoms with Crippen molar-refractivity contribution in [3.63, 3.8) is 0 Å². The Hall–Kier alpha value is -2.23. The van der Waals surface area contributed by atoms with E-state index in [1.54, 1.807) is 24.3 Å². The van der Waals surface area contributed by atoms with Crippen LogP contribution < -0.4 is 9.46 Å². The Morgan fingerprint density at radius 1 is 1.11 bits per heavy atom. The number of sulfonamides is 1. The topological polar surface area (TPSA) is 98.8 Å². The summed E-state index contributed by atoms with van der Waals surface area (Å²) in [7, 11) is -2.48. The fourth-order valence-electron chi connectivity index (χ4n) is 2.43. The van der Waals surface area contributed by atoms with Crippen molar-refractivity contribution in [2.75, 3.05) is 13.7 Å². The lowest BCUT2D eigenvalue weighted by atomic mass is 10.1. The van der Waals surface area contributed by atoms with E-state index in [0.717, 1.165) is 17.3 Å². The second-order valence-corrected chi connectivity index (χ2v) is 8.87. The Balaban J connectivity index is 1.73. The zero-order valence-electron chi connectivity index (χ0n) is 15.0. The molecule has 3 rings (SSSR count). The Morgan fingerprint density at radius 3 is 2.36 bits per heavy atom. The van der Waals surface area contributed by atoms with E-state index in [-0.39, 0.29) is 28.0 Å². The van der Waals surface area contributed by atoms with E-state index in [4.69, 9.17) is 9.47 Å². The van der Waals surface area contributed by atoms with Crippen molar-refractivity contribution in [3.8, 4) is 5.75 Å². The third kappa shape index (κ3) is 4.98. The van der Waals surface area contributed by atoms with Gasteiger partial charge in [0, 0.05) is 16.1 Å². The zero-order chi connectivity index (χ0) is 20.3. The van der Waals surface area contributed by atoms with Crippen LogP contribution in [0.25, 0.3) is 0 Å². The smallest absolute Gasteiger partial charge is 0.338 e. The lowest BCUT2D eigenvalue weighted by Gasteiger charge is -2.12. The van der Waals surface area contributed by atoms with Crippen LogP contribution in [0.3, 0.4) is 0 Å². The zero-order valence-corrected chi connectivity index (χ0v) is 17.4. The number of hydrogen-bond donors (Lipinski definition) is 1. The van der Waals surface area contributed by atoms with Gasteiger partial charge in [0.25, 0.3) is 0 Å². The van der Waals surface area contributed by atoms with Gasteiger partial charge in [-0.25, -0.2) is 17.9 Å². The van der Waals surface area contributed by atoms with Gasteiger partial charge in [0.2, 0.25) is 10.0 Å². The number of Topliss-reactive ketones (excluding diaryl/α,β-unsaturated/α-hetero) is 1. The fourth-order valence-corrected chi connectivity index (χ4v) is 4.20. The Morgan fingerprint density at radius 2 is 1.75 bits per heavy atom. The predicted molar refractivity (Wildman–Crippen MR) is 105 cm³/mol. The van der Waals surface area contributed by atoms with Crippen molar-refractivity contribution < 1.29 is 27.5 Å². The molecule has 0 heterocycles. The molecule has 9 heteroatoms. The van der Waals surface area contributed by atoms with Crippen LogP contribution in [0.15, 0.2) is 51.8 Å². The van der Waals surface area contributed by atoms with Crippen LogP contribution in [0.2, 0.25) is 0 Å². The quantitative estimate of drug-likeness (QED) is 0.473. The van der Waals surface area contributed by atoms with Gasteiger partial charge in [-0.3, -0.25) is 4.79 Å². The number of rotatable bonds is 8. The summed E-state index contributed by atoms with van der Waals surface area (Å²) in [5.41, 5.74) is 0.420. The average molecular weight is 468 g/mol. The fraction of sp³-hybridized carbons (Fsp3) is 0.263. The number of carbonyl (C=O) groups is 2. The monoisotopic (exact) mass is 467 g/mol. The van der Waals surface area contributed by atoms with Gasteiger partial charge in [-0.05, 0) is 43.2 Å². The van der Waals surface area contributed by atoms with Crippen LogP contribution in [0.1, 0.15) is 33.6 Å². The molecule has 0 aliphatic heterocycles. The first kappa shape index (κ1) is 20.5. The van der Waals surface area contributed by atoms with E-state index < -0.39 is 22.6 Å². The summed E-state index contributed by atoms with van der Waals surface area (Å²) in [6.45, 7) is -0.450. The van der Waals surface area contributed by atoms with Crippen LogP contribution in [0.5, 0.6) is 5.75 Å². The van der Waals surface area contributed by atoms with Crippen molar-refractivity contribution in [1.29, 1.82) is 0 Å². The summed E-state index contributed by atoms with van der Waals surface area (Å²) in [4.78, 5) is 24.3. The highest BCUT2D eigenvalue weighted by Crippen LogP contribution is 2.28. The lowest BCUT2D eigenvalue weighted by Crippen LogP contribution is -2.26. The number of methoxy groups -OCH3 is 1. The molecule has 0 amide bonds. The number of ether oxygens (including phenoxy) is 2. The number of carbonyl (C=O) groups excluding carboxylic acids is 2. The lowest BCUT2D eigenvalue weighted by molar-refractivity contribution is 0.0474. The van der Waals surface area contributed by atoms with Crippen molar-refractivity contribution in [2.45, 2.75) is 23.8 Å². The number of halogens is 1. The Kier molecular flexibility index (Phi) is 6.17. The van der Waals surface area contributed by atoms with Crippen LogP contribution in [0.4, 0.5) is 0 Å². The standard InChI is InChI=1S/C19H18BrNO6S/c1-26-17-9-4-13(10-18(17)28(24,25)21-15-7-8-15)19(23)27-11-16(22)12-2-5-14(20)6-3-12/h2-6,9-10,15,21H,7-8,11H2,1H3. The molecule has 7 nitrogen and oxygen atoms in total. The van der Waals surface area contributed by atoms with E-state index in [1.807, 2.05) is 0 Å². The third-order valence-electron chi connectivity index (χ3n) is 4.09. The van der Waals surface area contributed by atoms with Gasteiger partial charge < -0.3 is 9.47 Å². The third-order valence-corrected chi connectivity index (χ3v) is 6.16. The second-order valence-electron chi connectivity index (χ2n) is 6.27. The molecule has 2 aromatic carbocycles. The minimum atomic E-state index is -3.83. The number of nitrogens with one attached hydrogen (secondary N) is 1. The molecule has 148 valence electrons. The largest absolute Gasteiger partial charge is 0.495 e. The SMILES string of the molecule is COc1ccc(C(=O)OCC(=O)c2ccc(Br)cc2)cc1S(=O)(=O)NC1CC1. The van der Waals surface area contributed by atoms with Gasteiger partial charge in [-0.15, -0.1) is 0 Å². The Bertz CT molecular complexity index is 1000. The summed E-state index contributed by atoms with van der Waals surface area (Å²) in [6.07, 6.45) is 1.56. The number of benzene rings is 2. The molecule has 1 aliphatic rings. The molecule has 0 atom stereocenters. The molecule has 0 spiro atoms. The Labute approximate surface area is 171 Å². The molecular formula is C19H18BrNO6S. The van der Waals surface area contributed by atoms with Crippen molar-refractivity contribution in [3.05, 3.63) is 58.1 Å². The molecule has 28 heavy (non-hydrogen) atoms. The molecule has 0 aromatic heterocycles. The highest BCUT2D eigenvalue weighted by atomic mass is 79.9. The van der Waals surface area contributed by atoms with E-state index in [2.05, 4.69) is 20.7 Å². The highest BCUT2D eigenvalue weighted by molar-refractivity contribution is 9.10. The molecular weight excluding hydrogens is 450 g/mol. The molecule has 0 saturated heterocycles. The molecule has 0 unspecified atom stereocenters. The maximum Gasteiger partial charge on any atom is 0.338 e. The van der Waals surface area contributed by atoms with Gasteiger partial charge in [0.05, 0.1) is 12.7 Å². The van der Waals surface area contributed by atoms with Gasteiger partial charge >= 0.3 is 5.97 Å².